The van der Waals surface area contributed by atoms with Gasteiger partial charge in [0.1, 0.15) is 6.04 Å². The number of fused-ring (bicyclic) bond motifs is 1. The Morgan fingerprint density at radius 1 is 0.902 bits per heavy atom. The average molecular weight is 555 g/mol. The van der Waals surface area contributed by atoms with E-state index >= 15 is 0 Å². The maximum absolute atomic E-state index is 13.9. The largest absolute Gasteiger partial charge is 0.394 e. The molecule has 216 valence electrons. The Morgan fingerprint density at radius 3 is 2.39 bits per heavy atom. The monoisotopic (exact) mass is 554 g/mol. The van der Waals surface area contributed by atoms with E-state index in [1.807, 2.05) is 50.2 Å². The van der Waals surface area contributed by atoms with Crippen LogP contribution in [0.25, 0.3) is 10.8 Å². The topological polar surface area (TPSA) is 107 Å². The molecule has 41 heavy (non-hydrogen) atoms. The second-order valence-electron chi connectivity index (χ2n) is 11.3. The van der Waals surface area contributed by atoms with Crippen molar-refractivity contribution >= 4 is 22.6 Å². The van der Waals surface area contributed by atoms with Crippen LogP contribution in [-0.4, -0.2) is 45.6 Å². The number of aromatic nitrogens is 2. The standard InChI is InChI=1S/C34H42N4O3/c1-24(2)18-30(22-39)37-34(41)32(20-29-21-35-23-36-29)38-33(40)28(16-8-12-25-10-4-3-5-11-25)19-27-15-9-14-26-13-6-7-17-31(26)27/h3-7,9-11,13-15,17,21,23-24,28,30,32,39H,8,12,16,18-20,22H2,1-2H3,(H,35,36)(H,37,41)(H,38,40)/t28?,30-,32-/m0/s1. The fourth-order valence-corrected chi connectivity index (χ4v) is 5.42. The molecule has 0 saturated heterocycles. The summed E-state index contributed by atoms with van der Waals surface area (Å²) in [6.45, 7) is 3.94. The molecule has 1 heterocycles. The smallest absolute Gasteiger partial charge is 0.243 e. The number of benzene rings is 3. The van der Waals surface area contributed by atoms with Crippen LogP contribution in [0.4, 0.5) is 0 Å². The quantitative estimate of drug-likeness (QED) is 0.166. The minimum Gasteiger partial charge on any atom is -0.394 e. The van der Waals surface area contributed by atoms with E-state index in [1.165, 1.54) is 5.56 Å². The van der Waals surface area contributed by atoms with Crippen molar-refractivity contribution in [2.45, 2.75) is 64.5 Å². The first-order chi connectivity index (χ1) is 19.9. The number of nitrogens with one attached hydrogen (secondary N) is 3. The van der Waals surface area contributed by atoms with Gasteiger partial charge in [-0.15, -0.1) is 0 Å². The fraction of sp³-hybridized carbons (Fsp3) is 0.382. The molecule has 0 saturated carbocycles. The number of nitrogens with zero attached hydrogens (tertiary/aromatic N) is 1. The van der Waals surface area contributed by atoms with Crippen molar-refractivity contribution in [3.63, 3.8) is 0 Å². The van der Waals surface area contributed by atoms with Gasteiger partial charge in [0, 0.05) is 18.5 Å². The summed E-state index contributed by atoms with van der Waals surface area (Å²) in [5.74, 6) is -0.467. The Kier molecular flexibility index (Phi) is 11.1. The molecule has 1 aromatic heterocycles. The van der Waals surface area contributed by atoms with Gasteiger partial charge in [0.2, 0.25) is 11.8 Å². The number of hydrogen-bond donors (Lipinski definition) is 4. The first-order valence-electron chi connectivity index (χ1n) is 14.6. The third-order valence-electron chi connectivity index (χ3n) is 7.50. The third kappa shape index (κ3) is 9.02. The van der Waals surface area contributed by atoms with Crippen molar-refractivity contribution in [3.05, 3.63) is 102 Å². The average Bonchev–Trinajstić information content (AvgIpc) is 3.49. The Hall–Kier alpha value is -3.97. The molecule has 0 fully saturated rings. The number of aliphatic hydroxyl groups excluding tert-OH is 1. The molecule has 1 unspecified atom stereocenters. The highest BCUT2D eigenvalue weighted by atomic mass is 16.3. The molecule has 0 aliphatic heterocycles. The maximum atomic E-state index is 13.9. The molecule has 2 amide bonds. The molecule has 4 rings (SSSR count). The van der Waals surface area contributed by atoms with Gasteiger partial charge in [0.25, 0.3) is 0 Å². The molecule has 0 radical (unpaired) electrons. The van der Waals surface area contributed by atoms with Crippen LogP contribution in [0.3, 0.4) is 0 Å². The Labute approximate surface area is 242 Å². The zero-order valence-corrected chi connectivity index (χ0v) is 24.1. The molecule has 4 aromatic rings. The predicted octanol–water partition coefficient (Wildman–Crippen LogP) is 5.00. The SMILES string of the molecule is CC(C)C[C@@H](CO)NC(=O)[C@H](Cc1c[nH]cn1)NC(=O)C(CCCc1ccccc1)Cc1cccc2ccccc12. The molecule has 7 heteroatoms. The first-order valence-corrected chi connectivity index (χ1v) is 14.6. The summed E-state index contributed by atoms with van der Waals surface area (Å²) >= 11 is 0. The molecule has 4 N–H and O–H groups in total. The number of rotatable bonds is 15. The van der Waals surface area contributed by atoms with Crippen LogP contribution in [0.15, 0.2) is 85.3 Å². The summed E-state index contributed by atoms with van der Waals surface area (Å²) < 4.78 is 0. The summed E-state index contributed by atoms with van der Waals surface area (Å²) in [6, 6.07) is 23.5. The number of aliphatic hydroxyl groups is 1. The number of aromatic amines is 1. The zero-order chi connectivity index (χ0) is 29.0. The van der Waals surface area contributed by atoms with E-state index in [-0.39, 0.29) is 36.8 Å². The highest BCUT2D eigenvalue weighted by Crippen LogP contribution is 2.24. The number of imidazole rings is 1. The summed E-state index contributed by atoms with van der Waals surface area (Å²) in [4.78, 5) is 34.6. The van der Waals surface area contributed by atoms with E-state index in [1.54, 1.807) is 12.5 Å². The Bertz CT molecular complexity index is 1370. The van der Waals surface area contributed by atoms with Crippen LogP contribution < -0.4 is 10.6 Å². The Balaban J connectivity index is 1.54. The number of amides is 2. The molecule has 0 aliphatic carbocycles. The highest BCUT2D eigenvalue weighted by molar-refractivity contribution is 5.90. The van der Waals surface area contributed by atoms with Crippen molar-refractivity contribution in [2.75, 3.05) is 6.61 Å². The first kappa shape index (κ1) is 30.0. The fourth-order valence-electron chi connectivity index (χ4n) is 5.42. The molecule has 3 atom stereocenters. The summed E-state index contributed by atoms with van der Waals surface area (Å²) in [7, 11) is 0. The van der Waals surface area contributed by atoms with Gasteiger partial charge in [-0.25, -0.2) is 4.98 Å². The normalized spacial score (nSPS) is 13.6. The predicted molar refractivity (Wildman–Crippen MR) is 163 cm³/mol. The van der Waals surface area contributed by atoms with Gasteiger partial charge in [0.15, 0.2) is 0 Å². The summed E-state index contributed by atoms with van der Waals surface area (Å²) in [5, 5.41) is 18.2. The lowest BCUT2D eigenvalue weighted by molar-refractivity contribution is -0.131. The van der Waals surface area contributed by atoms with Crippen LogP contribution in [0.5, 0.6) is 0 Å². The third-order valence-corrected chi connectivity index (χ3v) is 7.50. The van der Waals surface area contributed by atoms with Crippen molar-refractivity contribution in [1.82, 2.24) is 20.6 Å². The number of aryl methyl sites for hydroxylation is 1. The minimum absolute atomic E-state index is 0.147. The van der Waals surface area contributed by atoms with E-state index in [4.69, 9.17) is 0 Å². The summed E-state index contributed by atoms with van der Waals surface area (Å²) in [5.41, 5.74) is 3.05. The maximum Gasteiger partial charge on any atom is 0.243 e. The van der Waals surface area contributed by atoms with Crippen molar-refractivity contribution in [3.8, 4) is 0 Å². The van der Waals surface area contributed by atoms with E-state index in [2.05, 4.69) is 57.0 Å². The van der Waals surface area contributed by atoms with Gasteiger partial charge in [0.05, 0.1) is 24.7 Å². The van der Waals surface area contributed by atoms with Crippen LogP contribution in [0.2, 0.25) is 0 Å². The Morgan fingerprint density at radius 2 is 1.66 bits per heavy atom. The molecular weight excluding hydrogens is 512 g/mol. The van der Waals surface area contributed by atoms with Gasteiger partial charge < -0.3 is 20.7 Å². The molecule has 0 aliphatic rings. The minimum atomic E-state index is -0.809. The van der Waals surface area contributed by atoms with Crippen LogP contribution >= 0.6 is 0 Å². The molecule has 0 bridgehead atoms. The zero-order valence-electron chi connectivity index (χ0n) is 24.1. The number of carbonyl (C=O) groups is 2. The lowest BCUT2D eigenvalue weighted by atomic mass is 9.89. The van der Waals surface area contributed by atoms with Crippen molar-refractivity contribution in [2.24, 2.45) is 11.8 Å². The lowest BCUT2D eigenvalue weighted by Gasteiger charge is -2.25. The van der Waals surface area contributed by atoms with Gasteiger partial charge in [-0.05, 0) is 59.9 Å². The second kappa shape index (κ2) is 15.1. The molecule has 7 nitrogen and oxygen atoms in total. The lowest BCUT2D eigenvalue weighted by Crippen LogP contribution is -2.53. The van der Waals surface area contributed by atoms with Gasteiger partial charge in [-0.2, -0.15) is 0 Å². The van der Waals surface area contributed by atoms with E-state index in [9.17, 15) is 14.7 Å². The van der Waals surface area contributed by atoms with Crippen molar-refractivity contribution in [1.29, 1.82) is 0 Å². The molecule has 0 spiro atoms. The number of carbonyl (C=O) groups excluding carboxylic acids is 2. The van der Waals surface area contributed by atoms with Gasteiger partial charge in [-0.1, -0.05) is 86.6 Å². The van der Waals surface area contributed by atoms with E-state index < -0.39 is 6.04 Å². The number of H-pyrrole nitrogens is 1. The molecular formula is C34H42N4O3. The van der Waals surface area contributed by atoms with Gasteiger partial charge >= 0.3 is 0 Å². The van der Waals surface area contributed by atoms with Crippen LogP contribution in [0, 0.1) is 11.8 Å². The van der Waals surface area contributed by atoms with Crippen molar-refractivity contribution < 1.29 is 14.7 Å². The van der Waals surface area contributed by atoms with E-state index in [0.29, 0.717) is 30.9 Å². The number of hydrogen-bond acceptors (Lipinski definition) is 4. The van der Waals surface area contributed by atoms with Gasteiger partial charge in [-0.3, -0.25) is 9.59 Å². The highest BCUT2D eigenvalue weighted by Gasteiger charge is 2.28. The van der Waals surface area contributed by atoms with E-state index in [0.717, 1.165) is 29.2 Å². The van der Waals surface area contributed by atoms with Crippen LogP contribution in [-0.2, 0) is 28.9 Å². The second-order valence-corrected chi connectivity index (χ2v) is 11.3. The van der Waals surface area contributed by atoms with Crippen LogP contribution in [0.1, 0.15) is 49.9 Å². The molecule has 3 aromatic carbocycles. The summed E-state index contributed by atoms with van der Waals surface area (Å²) in [6.07, 6.45) is 7.19.